The van der Waals surface area contributed by atoms with Crippen LogP contribution in [0.15, 0.2) is 17.8 Å². The SMILES string of the molecule is C=CCC.CC/C=N/O.CCO. The summed E-state index contributed by atoms with van der Waals surface area (Å²) in [5, 5.41) is 17.9. The fraction of sp³-hybridized carbons (Fsp3) is 0.667. The molecule has 0 heterocycles. The molecule has 0 rings (SSSR count). The molecule has 0 amide bonds. The first-order valence-electron chi connectivity index (χ1n) is 4.12. The van der Waals surface area contributed by atoms with Gasteiger partial charge in [-0.3, -0.25) is 0 Å². The third-order valence-corrected chi connectivity index (χ3v) is 0.553. The minimum atomic E-state index is 0.250. The summed E-state index contributed by atoms with van der Waals surface area (Å²) in [4.78, 5) is 0. The van der Waals surface area contributed by atoms with Crippen LogP contribution in [0.5, 0.6) is 0 Å². The Hall–Kier alpha value is -0.830. The van der Waals surface area contributed by atoms with Gasteiger partial charge in [-0.1, -0.05) is 19.9 Å². The topological polar surface area (TPSA) is 52.8 Å². The standard InChI is InChI=1S/C4H8.C3H7NO.C2H6O/c1-3-4-2;1-2-3-4-5;1-2-3/h3H,1,4H2,2H3;3,5H,2H2,1H3;3H,2H2,1H3/b;4-3+;. The molecule has 0 aliphatic carbocycles. The fourth-order valence-electron chi connectivity index (χ4n) is 0.0816. The summed E-state index contributed by atoms with van der Waals surface area (Å²) in [7, 11) is 0. The van der Waals surface area contributed by atoms with Crippen LogP contribution in [0.25, 0.3) is 0 Å². The van der Waals surface area contributed by atoms with Crippen LogP contribution in [-0.4, -0.2) is 23.1 Å². The van der Waals surface area contributed by atoms with Crippen molar-refractivity contribution in [3.63, 3.8) is 0 Å². The van der Waals surface area contributed by atoms with Gasteiger partial charge in [-0.05, 0) is 19.8 Å². The van der Waals surface area contributed by atoms with E-state index in [2.05, 4.69) is 18.7 Å². The molecule has 0 spiro atoms. The summed E-state index contributed by atoms with van der Waals surface area (Å²) in [5.74, 6) is 0. The van der Waals surface area contributed by atoms with Gasteiger partial charge in [-0.25, -0.2) is 0 Å². The number of hydrogen-bond acceptors (Lipinski definition) is 3. The molecule has 0 unspecified atom stereocenters. The lowest BCUT2D eigenvalue weighted by Gasteiger charge is -1.64. The van der Waals surface area contributed by atoms with E-state index in [0.717, 1.165) is 12.8 Å². The van der Waals surface area contributed by atoms with Crippen LogP contribution in [0.3, 0.4) is 0 Å². The predicted molar refractivity (Wildman–Crippen MR) is 53.8 cm³/mol. The largest absolute Gasteiger partial charge is 0.411 e. The smallest absolute Gasteiger partial charge is 0.0433 e. The maximum atomic E-state index is 7.64. The number of aliphatic hydroxyl groups excluding tert-OH is 1. The average Bonchev–Trinajstić information content (AvgIpc) is 2.08. The van der Waals surface area contributed by atoms with E-state index in [0.29, 0.717) is 0 Å². The van der Waals surface area contributed by atoms with Crippen molar-refractivity contribution in [1.29, 1.82) is 0 Å². The molecule has 0 radical (unpaired) electrons. The van der Waals surface area contributed by atoms with Gasteiger partial charge in [-0.2, -0.15) is 0 Å². The molecule has 0 saturated carbocycles. The van der Waals surface area contributed by atoms with Gasteiger partial charge in [0.25, 0.3) is 0 Å². The summed E-state index contributed by atoms with van der Waals surface area (Å²) >= 11 is 0. The normalized spacial score (nSPS) is 7.67. The Morgan fingerprint density at radius 1 is 1.25 bits per heavy atom. The van der Waals surface area contributed by atoms with Gasteiger partial charge in [0, 0.05) is 12.8 Å². The van der Waals surface area contributed by atoms with Gasteiger partial charge in [-0.15, -0.1) is 11.7 Å². The van der Waals surface area contributed by atoms with E-state index in [1.807, 2.05) is 13.0 Å². The van der Waals surface area contributed by atoms with E-state index in [9.17, 15) is 0 Å². The maximum absolute atomic E-state index is 7.64. The van der Waals surface area contributed by atoms with Crippen molar-refractivity contribution in [3.8, 4) is 0 Å². The van der Waals surface area contributed by atoms with E-state index in [4.69, 9.17) is 10.3 Å². The van der Waals surface area contributed by atoms with Crippen LogP contribution in [-0.2, 0) is 0 Å². The van der Waals surface area contributed by atoms with Crippen molar-refractivity contribution in [2.24, 2.45) is 5.16 Å². The minimum Gasteiger partial charge on any atom is -0.411 e. The zero-order valence-corrected chi connectivity index (χ0v) is 8.32. The van der Waals surface area contributed by atoms with Crippen LogP contribution < -0.4 is 0 Å². The van der Waals surface area contributed by atoms with Crippen molar-refractivity contribution in [2.45, 2.75) is 33.6 Å². The van der Waals surface area contributed by atoms with Gasteiger partial charge in [0.15, 0.2) is 0 Å². The van der Waals surface area contributed by atoms with Crippen LogP contribution in [0.1, 0.15) is 33.6 Å². The zero-order valence-electron chi connectivity index (χ0n) is 8.32. The summed E-state index contributed by atoms with van der Waals surface area (Å²) < 4.78 is 0. The van der Waals surface area contributed by atoms with E-state index < -0.39 is 0 Å². The van der Waals surface area contributed by atoms with Crippen molar-refractivity contribution in [3.05, 3.63) is 12.7 Å². The quantitative estimate of drug-likeness (QED) is 0.293. The molecule has 0 aliphatic rings. The average molecular weight is 175 g/mol. The highest BCUT2D eigenvalue weighted by atomic mass is 16.4. The van der Waals surface area contributed by atoms with Gasteiger partial charge < -0.3 is 10.3 Å². The van der Waals surface area contributed by atoms with Crippen LogP contribution in [0.2, 0.25) is 0 Å². The molecule has 0 aromatic carbocycles. The number of hydrogen-bond donors (Lipinski definition) is 2. The second kappa shape index (κ2) is 32.0. The monoisotopic (exact) mass is 175 g/mol. The molecule has 2 N–H and O–H groups in total. The summed E-state index contributed by atoms with van der Waals surface area (Å²) in [5.41, 5.74) is 0. The predicted octanol–water partition coefficient (Wildman–Crippen LogP) is 2.44. The molecule has 12 heavy (non-hydrogen) atoms. The van der Waals surface area contributed by atoms with Gasteiger partial charge in [0.05, 0.1) is 0 Å². The molecular weight excluding hydrogens is 154 g/mol. The highest BCUT2D eigenvalue weighted by Gasteiger charge is 1.55. The summed E-state index contributed by atoms with van der Waals surface area (Å²) in [6, 6.07) is 0. The molecule has 74 valence electrons. The first-order chi connectivity index (χ1) is 5.74. The molecule has 0 aromatic rings. The highest BCUT2D eigenvalue weighted by molar-refractivity contribution is 5.55. The Balaban J connectivity index is -0.000000105. The first-order valence-corrected chi connectivity index (χ1v) is 4.12. The summed E-state index contributed by atoms with van der Waals surface area (Å²) in [6.07, 6.45) is 5.19. The van der Waals surface area contributed by atoms with E-state index in [1.165, 1.54) is 6.21 Å². The van der Waals surface area contributed by atoms with Crippen LogP contribution in [0, 0.1) is 0 Å². The Morgan fingerprint density at radius 3 is 1.58 bits per heavy atom. The molecule has 0 atom stereocenters. The Bertz CT molecular complexity index is 82.6. The van der Waals surface area contributed by atoms with Crippen LogP contribution in [0.4, 0.5) is 0 Å². The lowest BCUT2D eigenvalue weighted by atomic mass is 10.5. The second-order valence-corrected chi connectivity index (χ2v) is 1.72. The third kappa shape index (κ3) is 130. The first kappa shape index (κ1) is 17.3. The molecule has 0 bridgehead atoms. The lowest BCUT2D eigenvalue weighted by molar-refractivity contribution is 0.318. The van der Waals surface area contributed by atoms with Gasteiger partial charge in [0.2, 0.25) is 0 Å². The highest BCUT2D eigenvalue weighted by Crippen LogP contribution is 1.66. The van der Waals surface area contributed by atoms with Crippen molar-refractivity contribution in [2.75, 3.05) is 6.61 Å². The fourth-order valence-corrected chi connectivity index (χ4v) is 0.0816. The van der Waals surface area contributed by atoms with E-state index >= 15 is 0 Å². The minimum absolute atomic E-state index is 0.250. The Kier molecular flexibility index (Phi) is 46.1. The number of aliphatic hydroxyl groups is 1. The molecule has 0 saturated heterocycles. The van der Waals surface area contributed by atoms with E-state index in [-0.39, 0.29) is 6.61 Å². The maximum Gasteiger partial charge on any atom is 0.0433 e. The Labute approximate surface area is 75.4 Å². The summed E-state index contributed by atoms with van der Waals surface area (Å²) in [6.45, 7) is 9.37. The van der Waals surface area contributed by atoms with Crippen molar-refractivity contribution in [1.82, 2.24) is 0 Å². The molecular formula is C9H21NO2. The lowest BCUT2D eigenvalue weighted by Crippen LogP contribution is -1.61. The van der Waals surface area contributed by atoms with Crippen molar-refractivity contribution < 1.29 is 10.3 Å². The van der Waals surface area contributed by atoms with E-state index in [1.54, 1.807) is 6.92 Å². The number of rotatable bonds is 2. The molecule has 3 heteroatoms. The second-order valence-electron chi connectivity index (χ2n) is 1.72. The third-order valence-electron chi connectivity index (χ3n) is 0.553. The number of allylic oxidation sites excluding steroid dienone is 1. The molecule has 0 fully saturated rings. The molecule has 0 aromatic heterocycles. The molecule has 0 aliphatic heterocycles. The Morgan fingerprint density at radius 2 is 1.58 bits per heavy atom. The van der Waals surface area contributed by atoms with Gasteiger partial charge in [0.1, 0.15) is 0 Å². The van der Waals surface area contributed by atoms with Crippen molar-refractivity contribution >= 4 is 6.21 Å². The number of nitrogens with zero attached hydrogens (tertiary/aromatic N) is 1. The van der Waals surface area contributed by atoms with Crippen LogP contribution >= 0.6 is 0 Å². The number of oxime groups is 1. The molecule has 3 nitrogen and oxygen atoms in total. The van der Waals surface area contributed by atoms with Gasteiger partial charge >= 0.3 is 0 Å². The zero-order chi connectivity index (χ0) is 10.2.